The lowest BCUT2D eigenvalue weighted by atomic mass is 9.91. The Morgan fingerprint density at radius 1 is 1.14 bits per heavy atom. The first kappa shape index (κ1) is 24.2. The van der Waals surface area contributed by atoms with Crippen molar-refractivity contribution in [3.8, 4) is 11.5 Å². The molecule has 0 saturated carbocycles. The van der Waals surface area contributed by atoms with Gasteiger partial charge in [-0.15, -0.1) is 0 Å². The van der Waals surface area contributed by atoms with E-state index in [4.69, 9.17) is 13.7 Å². The van der Waals surface area contributed by atoms with Gasteiger partial charge in [0.1, 0.15) is 0 Å². The molecule has 160 valence electrons. The van der Waals surface area contributed by atoms with E-state index in [1.807, 2.05) is 20.8 Å². The van der Waals surface area contributed by atoms with E-state index in [1.54, 1.807) is 44.1 Å². The Labute approximate surface area is 169 Å². The topological polar surface area (TPSA) is 82.1 Å². The number of carbonyl (C=O) groups is 1. The van der Waals surface area contributed by atoms with E-state index < -0.39 is 15.4 Å². The Bertz CT molecular complexity index is 752. The molecule has 0 spiro atoms. The molecule has 28 heavy (non-hydrogen) atoms. The van der Waals surface area contributed by atoms with Crippen LogP contribution in [0.25, 0.3) is 0 Å². The molecule has 0 fully saturated rings. The monoisotopic (exact) mass is 415 g/mol. The number of ether oxygens (including phenoxy) is 2. The molecule has 0 aromatic heterocycles. The van der Waals surface area contributed by atoms with E-state index in [-0.39, 0.29) is 17.1 Å². The van der Waals surface area contributed by atoms with E-state index in [0.717, 1.165) is 5.56 Å². The molecular weight excluding hydrogens is 382 g/mol. The molecule has 1 amide bonds. The number of amides is 1. The number of hydrogen-bond acceptors (Lipinski definition) is 6. The highest BCUT2D eigenvalue weighted by atomic mass is 32.2. The van der Waals surface area contributed by atoms with Gasteiger partial charge >= 0.3 is 10.1 Å². The van der Waals surface area contributed by atoms with E-state index in [0.29, 0.717) is 31.9 Å². The second-order valence-corrected chi connectivity index (χ2v) is 10.3. The van der Waals surface area contributed by atoms with Crippen molar-refractivity contribution in [1.29, 1.82) is 0 Å². The maximum Gasteiger partial charge on any atom is 0.311 e. The molecular formula is C20H33NO6S. The van der Waals surface area contributed by atoms with Crippen molar-refractivity contribution in [2.45, 2.75) is 52.8 Å². The predicted octanol–water partition coefficient (Wildman–Crippen LogP) is 3.22. The minimum Gasteiger partial charge on any atom is -0.493 e. The zero-order valence-electron chi connectivity index (χ0n) is 17.9. The Morgan fingerprint density at radius 2 is 1.79 bits per heavy atom. The second kappa shape index (κ2) is 10.1. The lowest BCUT2D eigenvalue weighted by Crippen LogP contribution is -2.35. The maximum absolute atomic E-state index is 12.7. The molecule has 1 aromatic rings. The van der Waals surface area contributed by atoms with Crippen LogP contribution in [-0.4, -0.2) is 51.8 Å². The van der Waals surface area contributed by atoms with Crippen LogP contribution >= 0.6 is 0 Å². The van der Waals surface area contributed by atoms with Crippen LogP contribution in [0.2, 0.25) is 0 Å². The first-order chi connectivity index (χ1) is 12.9. The normalized spacial score (nSPS) is 12.1. The fourth-order valence-corrected chi connectivity index (χ4v) is 2.96. The van der Waals surface area contributed by atoms with Gasteiger partial charge in [0.15, 0.2) is 11.5 Å². The molecule has 0 unspecified atom stereocenters. The number of benzene rings is 1. The molecule has 8 heteroatoms. The Balaban J connectivity index is 3.12. The zero-order chi connectivity index (χ0) is 21.5. The van der Waals surface area contributed by atoms with Crippen LogP contribution in [0.1, 0.15) is 46.6 Å². The highest BCUT2D eigenvalue weighted by molar-refractivity contribution is 7.87. The van der Waals surface area contributed by atoms with E-state index in [1.165, 1.54) is 7.11 Å². The second-order valence-electron chi connectivity index (χ2n) is 8.16. The molecule has 0 radical (unpaired) electrons. The third kappa shape index (κ3) is 7.67. The van der Waals surface area contributed by atoms with Crippen LogP contribution in [0.5, 0.6) is 11.5 Å². The van der Waals surface area contributed by atoms with Gasteiger partial charge < -0.3 is 18.6 Å². The van der Waals surface area contributed by atoms with E-state index >= 15 is 0 Å². The van der Waals surface area contributed by atoms with Gasteiger partial charge in [-0.1, -0.05) is 26.8 Å². The van der Waals surface area contributed by atoms with Crippen molar-refractivity contribution in [3.63, 3.8) is 0 Å². The molecule has 0 N–H and O–H groups in total. The molecule has 0 aliphatic rings. The number of nitrogens with zero attached hydrogens (tertiary/aromatic N) is 1. The van der Waals surface area contributed by atoms with Crippen LogP contribution < -0.4 is 8.92 Å². The molecule has 0 aliphatic carbocycles. The van der Waals surface area contributed by atoms with E-state index in [9.17, 15) is 13.2 Å². The van der Waals surface area contributed by atoms with E-state index in [2.05, 4.69) is 0 Å². The SMILES string of the molecule is COCCN(Cc1ccc(OC)c(OS(=O)(=O)C(C)C)c1)C(=O)CC(C)(C)C. The summed E-state index contributed by atoms with van der Waals surface area (Å²) in [5, 5.41) is -0.688. The van der Waals surface area contributed by atoms with Crippen LogP contribution in [0, 0.1) is 5.41 Å². The fourth-order valence-electron chi connectivity index (χ4n) is 2.39. The average molecular weight is 416 g/mol. The lowest BCUT2D eigenvalue weighted by Gasteiger charge is -2.27. The standard InChI is InChI=1S/C20H33NO6S/c1-15(2)28(23,24)27-18-12-16(8-9-17(18)26-7)14-21(10-11-25-6)19(22)13-20(3,4)5/h8-9,12,15H,10-11,13-14H2,1-7H3. The first-order valence-electron chi connectivity index (χ1n) is 9.26. The molecule has 0 atom stereocenters. The summed E-state index contributed by atoms with van der Waals surface area (Å²) in [6, 6.07) is 5.03. The van der Waals surface area contributed by atoms with Gasteiger partial charge in [-0.2, -0.15) is 8.42 Å². The third-order valence-corrected chi connectivity index (χ3v) is 5.55. The highest BCUT2D eigenvalue weighted by Gasteiger charge is 2.23. The van der Waals surface area contributed by atoms with Crippen molar-refractivity contribution < 1.29 is 26.9 Å². The number of hydrogen-bond donors (Lipinski definition) is 0. The Kier molecular flexibility index (Phi) is 8.75. The van der Waals surface area contributed by atoms with Crippen LogP contribution in [0.3, 0.4) is 0 Å². The lowest BCUT2D eigenvalue weighted by molar-refractivity contribution is -0.134. The van der Waals surface area contributed by atoms with Gasteiger partial charge in [0.05, 0.1) is 19.0 Å². The summed E-state index contributed by atoms with van der Waals surface area (Å²) >= 11 is 0. The van der Waals surface area contributed by atoms with Crippen LogP contribution in [-0.2, 0) is 26.2 Å². The van der Waals surface area contributed by atoms with Crippen LogP contribution in [0.4, 0.5) is 0 Å². The Morgan fingerprint density at radius 3 is 2.29 bits per heavy atom. The number of rotatable bonds is 10. The largest absolute Gasteiger partial charge is 0.493 e. The fraction of sp³-hybridized carbons (Fsp3) is 0.650. The summed E-state index contributed by atoms with van der Waals surface area (Å²) in [7, 11) is -0.732. The summed E-state index contributed by atoms with van der Waals surface area (Å²) in [5.41, 5.74) is 0.607. The Hall–Kier alpha value is -1.80. The third-order valence-electron chi connectivity index (χ3n) is 3.98. The molecule has 0 heterocycles. The summed E-state index contributed by atoms with van der Waals surface area (Å²) in [4.78, 5) is 14.4. The zero-order valence-corrected chi connectivity index (χ0v) is 18.8. The number of methoxy groups -OCH3 is 2. The van der Waals surface area contributed by atoms with Gasteiger partial charge in [0, 0.05) is 26.6 Å². The molecule has 0 bridgehead atoms. The first-order valence-corrected chi connectivity index (χ1v) is 10.7. The van der Waals surface area contributed by atoms with Gasteiger partial charge in [0.2, 0.25) is 5.91 Å². The predicted molar refractivity (Wildman–Crippen MR) is 109 cm³/mol. The van der Waals surface area contributed by atoms with Crippen molar-refractivity contribution in [2.75, 3.05) is 27.4 Å². The summed E-state index contributed by atoms with van der Waals surface area (Å²) in [6.45, 7) is 10.3. The molecule has 7 nitrogen and oxygen atoms in total. The summed E-state index contributed by atoms with van der Waals surface area (Å²) in [5.74, 6) is 0.443. The minimum atomic E-state index is -3.76. The van der Waals surface area contributed by atoms with Gasteiger partial charge in [-0.3, -0.25) is 4.79 Å². The molecule has 0 saturated heterocycles. The van der Waals surface area contributed by atoms with Crippen molar-refractivity contribution in [1.82, 2.24) is 4.90 Å². The molecule has 0 aliphatic heterocycles. The van der Waals surface area contributed by atoms with Crippen molar-refractivity contribution >= 4 is 16.0 Å². The van der Waals surface area contributed by atoms with Gasteiger partial charge in [-0.25, -0.2) is 0 Å². The van der Waals surface area contributed by atoms with Crippen molar-refractivity contribution in [2.24, 2.45) is 5.41 Å². The molecule has 1 rings (SSSR count). The highest BCUT2D eigenvalue weighted by Crippen LogP contribution is 2.31. The minimum absolute atomic E-state index is 0.0117. The molecule has 1 aromatic carbocycles. The maximum atomic E-state index is 12.7. The summed E-state index contributed by atoms with van der Waals surface area (Å²) < 4.78 is 39.9. The van der Waals surface area contributed by atoms with Crippen LogP contribution in [0.15, 0.2) is 18.2 Å². The van der Waals surface area contributed by atoms with Gasteiger partial charge in [0.25, 0.3) is 0 Å². The smallest absolute Gasteiger partial charge is 0.311 e. The number of carbonyl (C=O) groups excluding carboxylic acids is 1. The van der Waals surface area contributed by atoms with Crippen molar-refractivity contribution in [3.05, 3.63) is 23.8 Å². The average Bonchev–Trinajstić information content (AvgIpc) is 2.56. The van der Waals surface area contributed by atoms with Gasteiger partial charge in [-0.05, 0) is 37.0 Å². The quantitative estimate of drug-likeness (QED) is 0.546. The summed E-state index contributed by atoms with van der Waals surface area (Å²) in [6.07, 6.45) is 0.401.